The molecular formula is C13H22N2O3. The predicted octanol–water partition coefficient (Wildman–Crippen LogP) is 1.87. The molecule has 0 heterocycles. The van der Waals surface area contributed by atoms with Gasteiger partial charge in [-0.2, -0.15) is 0 Å². The molecule has 2 amide bonds. The highest BCUT2D eigenvalue weighted by atomic mass is 16.4. The van der Waals surface area contributed by atoms with E-state index >= 15 is 0 Å². The number of aliphatic carboxylic acids is 1. The molecule has 2 saturated carbocycles. The van der Waals surface area contributed by atoms with Crippen molar-refractivity contribution in [3.8, 4) is 0 Å². The number of carboxylic acids is 1. The Labute approximate surface area is 107 Å². The largest absolute Gasteiger partial charge is 0.480 e. The molecule has 0 aromatic carbocycles. The van der Waals surface area contributed by atoms with Gasteiger partial charge in [0, 0.05) is 5.54 Å². The molecule has 2 aliphatic carbocycles. The monoisotopic (exact) mass is 254 g/mol. The van der Waals surface area contributed by atoms with Crippen LogP contribution in [0.15, 0.2) is 0 Å². The van der Waals surface area contributed by atoms with Crippen LogP contribution in [0.1, 0.15) is 52.4 Å². The topological polar surface area (TPSA) is 78.4 Å². The molecule has 2 rings (SSSR count). The molecule has 0 unspecified atom stereocenters. The van der Waals surface area contributed by atoms with Gasteiger partial charge < -0.3 is 15.7 Å². The maximum absolute atomic E-state index is 12.0. The van der Waals surface area contributed by atoms with Crippen LogP contribution in [0.3, 0.4) is 0 Å². The van der Waals surface area contributed by atoms with Gasteiger partial charge in [0.1, 0.15) is 5.54 Å². The lowest BCUT2D eigenvalue weighted by atomic mass is 9.97. The van der Waals surface area contributed by atoms with E-state index in [1.807, 2.05) is 13.8 Å². The number of hydrogen-bond acceptors (Lipinski definition) is 2. The number of rotatable bonds is 4. The van der Waals surface area contributed by atoms with Gasteiger partial charge in [0.15, 0.2) is 0 Å². The Morgan fingerprint density at radius 2 is 1.78 bits per heavy atom. The van der Waals surface area contributed by atoms with E-state index < -0.39 is 11.5 Å². The number of amides is 2. The van der Waals surface area contributed by atoms with E-state index in [1.54, 1.807) is 0 Å². The molecule has 0 aromatic heterocycles. The standard InChI is InChI=1S/C13H22N2O3/c1-12(2,9-5-6-9)14-11(18)15-13(10(16)17)7-3-4-8-13/h9H,3-8H2,1-2H3,(H,16,17)(H2,14,15,18). The van der Waals surface area contributed by atoms with Crippen molar-refractivity contribution < 1.29 is 14.7 Å². The van der Waals surface area contributed by atoms with Crippen LogP contribution < -0.4 is 10.6 Å². The van der Waals surface area contributed by atoms with Crippen LogP contribution in [-0.2, 0) is 4.79 Å². The molecule has 5 nitrogen and oxygen atoms in total. The molecule has 102 valence electrons. The SMILES string of the molecule is CC(C)(NC(=O)NC1(C(=O)O)CCCC1)C1CC1. The molecule has 0 saturated heterocycles. The zero-order chi connectivity index (χ0) is 13.4. The summed E-state index contributed by atoms with van der Waals surface area (Å²) in [6.45, 7) is 3.98. The minimum Gasteiger partial charge on any atom is -0.480 e. The quantitative estimate of drug-likeness (QED) is 0.716. The number of carbonyl (C=O) groups is 2. The van der Waals surface area contributed by atoms with Gasteiger partial charge in [-0.3, -0.25) is 0 Å². The first kappa shape index (κ1) is 13.2. The lowest BCUT2D eigenvalue weighted by Gasteiger charge is -2.30. The van der Waals surface area contributed by atoms with Crippen LogP contribution in [0.5, 0.6) is 0 Å². The lowest BCUT2D eigenvalue weighted by molar-refractivity contribution is -0.144. The smallest absolute Gasteiger partial charge is 0.329 e. The minimum absolute atomic E-state index is 0.248. The summed E-state index contributed by atoms with van der Waals surface area (Å²) < 4.78 is 0. The first-order chi connectivity index (χ1) is 8.36. The zero-order valence-corrected chi connectivity index (χ0v) is 11.1. The van der Waals surface area contributed by atoms with Crippen molar-refractivity contribution in [1.82, 2.24) is 10.6 Å². The summed E-state index contributed by atoms with van der Waals surface area (Å²) in [5, 5.41) is 14.9. The Morgan fingerprint density at radius 3 is 2.22 bits per heavy atom. The van der Waals surface area contributed by atoms with Crippen molar-refractivity contribution in [1.29, 1.82) is 0 Å². The van der Waals surface area contributed by atoms with E-state index in [1.165, 1.54) is 0 Å². The number of urea groups is 1. The predicted molar refractivity (Wildman–Crippen MR) is 67.3 cm³/mol. The Bertz CT molecular complexity index is 355. The van der Waals surface area contributed by atoms with Crippen molar-refractivity contribution in [2.45, 2.75) is 63.5 Å². The van der Waals surface area contributed by atoms with Gasteiger partial charge >= 0.3 is 12.0 Å². The summed E-state index contributed by atoms with van der Waals surface area (Å²) >= 11 is 0. The fourth-order valence-corrected chi connectivity index (χ4v) is 2.82. The van der Waals surface area contributed by atoms with Gasteiger partial charge in [-0.25, -0.2) is 9.59 Å². The first-order valence-electron chi connectivity index (χ1n) is 6.69. The van der Waals surface area contributed by atoms with Crippen LogP contribution in [0.2, 0.25) is 0 Å². The summed E-state index contributed by atoms with van der Waals surface area (Å²) in [6, 6.07) is -0.351. The minimum atomic E-state index is -1.05. The summed E-state index contributed by atoms with van der Waals surface area (Å²) in [7, 11) is 0. The second-order valence-corrected chi connectivity index (χ2v) is 6.17. The van der Waals surface area contributed by atoms with Crippen molar-refractivity contribution in [3.05, 3.63) is 0 Å². The molecule has 2 fully saturated rings. The van der Waals surface area contributed by atoms with Crippen LogP contribution in [0.4, 0.5) is 4.79 Å². The fraction of sp³-hybridized carbons (Fsp3) is 0.846. The molecule has 2 aliphatic rings. The molecule has 3 N–H and O–H groups in total. The average molecular weight is 254 g/mol. The van der Waals surface area contributed by atoms with Crippen molar-refractivity contribution in [2.75, 3.05) is 0 Å². The maximum Gasteiger partial charge on any atom is 0.329 e. The third kappa shape index (κ3) is 2.60. The Kier molecular flexibility index (Phi) is 3.25. The van der Waals surface area contributed by atoms with E-state index in [9.17, 15) is 14.7 Å². The highest BCUT2D eigenvalue weighted by Gasteiger charge is 2.44. The Hall–Kier alpha value is -1.26. The zero-order valence-electron chi connectivity index (χ0n) is 11.1. The number of carboxylic acid groups (broad SMARTS) is 1. The van der Waals surface area contributed by atoms with Gasteiger partial charge in [0.05, 0.1) is 0 Å². The lowest BCUT2D eigenvalue weighted by Crippen LogP contribution is -2.59. The van der Waals surface area contributed by atoms with Crippen LogP contribution >= 0.6 is 0 Å². The molecule has 0 aliphatic heterocycles. The van der Waals surface area contributed by atoms with Crippen LogP contribution in [-0.4, -0.2) is 28.2 Å². The van der Waals surface area contributed by atoms with E-state index in [4.69, 9.17) is 0 Å². The molecule has 0 spiro atoms. The van der Waals surface area contributed by atoms with Gasteiger partial charge in [0.25, 0.3) is 0 Å². The molecule has 0 bridgehead atoms. The summed E-state index contributed by atoms with van der Waals surface area (Å²) in [6.07, 6.45) is 5.05. The Morgan fingerprint density at radius 1 is 1.22 bits per heavy atom. The highest BCUT2D eigenvalue weighted by molar-refractivity contribution is 5.86. The second kappa shape index (κ2) is 4.44. The summed E-state index contributed by atoms with van der Waals surface area (Å²) in [4.78, 5) is 23.3. The summed E-state index contributed by atoms with van der Waals surface area (Å²) in [5.41, 5.74) is -1.30. The number of hydrogen-bond donors (Lipinski definition) is 3. The normalized spacial score (nSPS) is 22.6. The van der Waals surface area contributed by atoms with E-state index in [0.717, 1.165) is 25.7 Å². The van der Waals surface area contributed by atoms with Crippen LogP contribution in [0.25, 0.3) is 0 Å². The molecule has 0 aromatic rings. The average Bonchev–Trinajstić information content (AvgIpc) is 3.00. The van der Waals surface area contributed by atoms with E-state index in [0.29, 0.717) is 18.8 Å². The van der Waals surface area contributed by atoms with E-state index in [2.05, 4.69) is 10.6 Å². The molecule has 5 heteroatoms. The van der Waals surface area contributed by atoms with Gasteiger partial charge in [-0.05, 0) is 45.4 Å². The van der Waals surface area contributed by atoms with Gasteiger partial charge in [-0.1, -0.05) is 12.8 Å². The second-order valence-electron chi connectivity index (χ2n) is 6.17. The number of carbonyl (C=O) groups excluding carboxylic acids is 1. The highest BCUT2D eigenvalue weighted by Crippen LogP contribution is 2.39. The van der Waals surface area contributed by atoms with Crippen molar-refractivity contribution in [2.24, 2.45) is 5.92 Å². The molecule has 18 heavy (non-hydrogen) atoms. The van der Waals surface area contributed by atoms with Crippen molar-refractivity contribution >= 4 is 12.0 Å². The molecular weight excluding hydrogens is 232 g/mol. The third-order valence-corrected chi connectivity index (χ3v) is 4.25. The maximum atomic E-state index is 12.0. The number of nitrogens with one attached hydrogen (secondary N) is 2. The third-order valence-electron chi connectivity index (χ3n) is 4.25. The van der Waals surface area contributed by atoms with Crippen LogP contribution in [0, 0.1) is 5.92 Å². The fourth-order valence-electron chi connectivity index (χ4n) is 2.82. The Balaban J connectivity index is 1.95. The van der Waals surface area contributed by atoms with E-state index in [-0.39, 0.29) is 11.6 Å². The molecule has 0 atom stereocenters. The molecule has 0 radical (unpaired) electrons. The van der Waals surface area contributed by atoms with Gasteiger partial charge in [-0.15, -0.1) is 0 Å². The first-order valence-corrected chi connectivity index (χ1v) is 6.69. The summed E-state index contributed by atoms with van der Waals surface area (Å²) in [5.74, 6) is -0.396. The van der Waals surface area contributed by atoms with Crippen molar-refractivity contribution in [3.63, 3.8) is 0 Å². The van der Waals surface area contributed by atoms with Gasteiger partial charge in [0.2, 0.25) is 0 Å².